The van der Waals surface area contributed by atoms with E-state index in [1.54, 1.807) is 19.1 Å². The van der Waals surface area contributed by atoms with E-state index in [4.69, 9.17) is 4.74 Å². The Balaban J connectivity index is 2.30. The van der Waals surface area contributed by atoms with Crippen molar-refractivity contribution >= 4 is 33.4 Å². The van der Waals surface area contributed by atoms with Crippen molar-refractivity contribution in [1.29, 1.82) is 0 Å². The molecule has 3 rings (SSSR count). The third kappa shape index (κ3) is 4.09. The van der Waals surface area contributed by atoms with E-state index < -0.39 is 29.7 Å². The molecule has 0 saturated carbocycles. The topological polar surface area (TPSA) is 80.9 Å². The first-order valence-electron chi connectivity index (χ1n) is 8.84. The van der Waals surface area contributed by atoms with E-state index in [1.165, 1.54) is 35.9 Å². The van der Waals surface area contributed by atoms with Crippen LogP contribution >= 0.6 is 11.3 Å². The lowest BCUT2D eigenvalue weighted by Crippen LogP contribution is -2.27. The summed E-state index contributed by atoms with van der Waals surface area (Å²) in [5.74, 6) is -1.54. The molecular formula is C20H17F3N2O4S. The molecule has 0 aliphatic rings. The van der Waals surface area contributed by atoms with Gasteiger partial charge in [-0.15, -0.1) is 0 Å². The van der Waals surface area contributed by atoms with Crippen LogP contribution in [0.2, 0.25) is 0 Å². The molecule has 1 heterocycles. The summed E-state index contributed by atoms with van der Waals surface area (Å²) in [7, 11) is 1.43. The minimum Gasteiger partial charge on any atom is -0.497 e. The van der Waals surface area contributed by atoms with Crippen molar-refractivity contribution in [2.45, 2.75) is 25.6 Å². The monoisotopic (exact) mass is 438 g/mol. The summed E-state index contributed by atoms with van der Waals surface area (Å²) in [6.07, 6.45) is -4.54. The molecular weight excluding hydrogens is 421 g/mol. The van der Waals surface area contributed by atoms with Gasteiger partial charge in [-0.05, 0) is 36.8 Å². The van der Waals surface area contributed by atoms with Gasteiger partial charge in [0.25, 0.3) is 5.91 Å². The number of carbonyl (C=O) groups is 2. The van der Waals surface area contributed by atoms with Crippen molar-refractivity contribution in [3.05, 3.63) is 58.4 Å². The van der Waals surface area contributed by atoms with Gasteiger partial charge in [0.2, 0.25) is 0 Å². The number of aliphatic carboxylic acids is 1. The first-order chi connectivity index (χ1) is 14.2. The van der Waals surface area contributed by atoms with Gasteiger partial charge in [0.1, 0.15) is 11.8 Å². The summed E-state index contributed by atoms with van der Waals surface area (Å²) < 4.78 is 46.5. The van der Waals surface area contributed by atoms with Crippen molar-refractivity contribution in [2.24, 2.45) is 4.99 Å². The van der Waals surface area contributed by atoms with E-state index in [9.17, 15) is 27.9 Å². The first-order valence-corrected chi connectivity index (χ1v) is 9.66. The molecule has 0 saturated heterocycles. The molecule has 1 atom stereocenters. The molecule has 1 amide bonds. The molecule has 1 aromatic heterocycles. The van der Waals surface area contributed by atoms with Gasteiger partial charge in [-0.2, -0.15) is 18.2 Å². The third-order valence-electron chi connectivity index (χ3n) is 4.46. The highest BCUT2D eigenvalue weighted by atomic mass is 32.1. The maximum atomic E-state index is 13.5. The van der Waals surface area contributed by atoms with Crippen LogP contribution in [-0.2, 0) is 11.0 Å². The normalized spacial score (nSPS) is 13.4. The van der Waals surface area contributed by atoms with Crippen molar-refractivity contribution in [3.63, 3.8) is 0 Å². The lowest BCUT2D eigenvalue weighted by molar-refractivity contribution is -0.141. The number of alkyl halides is 3. The van der Waals surface area contributed by atoms with Gasteiger partial charge in [-0.3, -0.25) is 4.79 Å². The van der Waals surface area contributed by atoms with Crippen LogP contribution in [0.4, 0.5) is 13.2 Å². The molecule has 6 nitrogen and oxygen atoms in total. The lowest BCUT2D eigenvalue weighted by atomic mass is 10.1. The van der Waals surface area contributed by atoms with Crippen LogP contribution in [-0.4, -0.2) is 28.7 Å². The summed E-state index contributed by atoms with van der Waals surface area (Å²) >= 11 is 0.632. The predicted molar refractivity (Wildman–Crippen MR) is 105 cm³/mol. The number of carboxylic acid groups (broad SMARTS) is 1. The predicted octanol–water partition coefficient (Wildman–Crippen LogP) is 4.51. The zero-order valence-corrected chi connectivity index (χ0v) is 16.8. The van der Waals surface area contributed by atoms with Gasteiger partial charge in [0.15, 0.2) is 4.80 Å². The van der Waals surface area contributed by atoms with Gasteiger partial charge in [0.05, 0.1) is 22.9 Å². The van der Waals surface area contributed by atoms with Crippen LogP contribution in [0, 0.1) is 0 Å². The maximum absolute atomic E-state index is 13.5. The third-order valence-corrected chi connectivity index (χ3v) is 5.56. The number of amides is 1. The summed E-state index contributed by atoms with van der Waals surface area (Å²) in [4.78, 5) is 28.3. The van der Waals surface area contributed by atoms with Crippen molar-refractivity contribution in [3.8, 4) is 5.75 Å². The van der Waals surface area contributed by atoms with Gasteiger partial charge >= 0.3 is 12.1 Å². The molecule has 1 unspecified atom stereocenters. The molecule has 1 N–H and O–H groups in total. The molecule has 0 aliphatic carbocycles. The molecule has 158 valence electrons. The van der Waals surface area contributed by atoms with Crippen molar-refractivity contribution in [1.82, 2.24) is 4.57 Å². The number of hydrogen-bond donors (Lipinski definition) is 1. The zero-order chi connectivity index (χ0) is 22.1. The van der Waals surface area contributed by atoms with E-state index in [-0.39, 0.29) is 27.0 Å². The number of carboxylic acids is 1. The number of carbonyl (C=O) groups excluding carboxylic acids is 1. The Morgan fingerprint density at radius 1 is 1.23 bits per heavy atom. The van der Waals surface area contributed by atoms with Crippen LogP contribution in [0.3, 0.4) is 0 Å². The number of hydrogen-bond acceptors (Lipinski definition) is 4. The van der Waals surface area contributed by atoms with Crippen LogP contribution in [0.5, 0.6) is 5.75 Å². The first kappa shape index (κ1) is 21.6. The number of halogens is 3. The fourth-order valence-electron chi connectivity index (χ4n) is 3.04. The largest absolute Gasteiger partial charge is 0.497 e. The Morgan fingerprint density at radius 2 is 1.93 bits per heavy atom. The lowest BCUT2D eigenvalue weighted by Gasteiger charge is -2.14. The van der Waals surface area contributed by atoms with Gasteiger partial charge in [-0.1, -0.05) is 30.4 Å². The van der Waals surface area contributed by atoms with Gasteiger partial charge in [0, 0.05) is 5.56 Å². The van der Waals surface area contributed by atoms with E-state index in [0.29, 0.717) is 17.1 Å². The number of methoxy groups -OCH3 is 1. The number of thiazole rings is 1. The second-order valence-corrected chi connectivity index (χ2v) is 7.29. The van der Waals surface area contributed by atoms with Crippen LogP contribution in [0.1, 0.15) is 35.3 Å². The minimum atomic E-state index is -4.64. The number of benzene rings is 2. The Morgan fingerprint density at radius 3 is 2.53 bits per heavy atom. The minimum absolute atomic E-state index is 0.0567. The number of aromatic nitrogens is 1. The highest BCUT2D eigenvalue weighted by Gasteiger charge is 2.34. The average Bonchev–Trinajstić information content (AvgIpc) is 3.05. The summed E-state index contributed by atoms with van der Waals surface area (Å²) in [5, 5.41) is 9.60. The number of rotatable bonds is 5. The fraction of sp³-hybridized carbons (Fsp3) is 0.250. The summed E-state index contributed by atoms with van der Waals surface area (Å²) in [6, 6.07) is 8.47. The zero-order valence-electron chi connectivity index (χ0n) is 15.9. The smallest absolute Gasteiger partial charge is 0.417 e. The Bertz CT molecular complexity index is 1180. The SMILES string of the molecule is CCC(C(=O)O)n1c(=NC(=O)c2cccc(OC)c2)sc2c(C(F)(F)F)cccc21. The average molecular weight is 438 g/mol. The molecule has 0 radical (unpaired) electrons. The van der Waals surface area contributed by atoms with Gasteiger partial charge in [-0.25, -0.2) is 4.79 Å². The molecule has 3 aromatic rings. The van der Waals surface area contributed by atoms with Gasteiger partial charge < -0.3 is 14.4 Å². The fourth-order valence-corrected chi connectivity index (χ4v) is 4.24. The Hall–Kier alpha value is -3.14. The van der Waals surface area contributed by atoms with E-state index in [2.05, 4.69) is 4.99 Å². The van der Waals surface area contributed by atoms with Crippen molar-refractivity contribution in [2.75, 3.05) is 7.11 Å². The van der Waals surface area contributed by atoms with Crippen molar-refractivity contribution < 1.29 is 32.6 Å². The highest BCUT2D eigenvalue weighted by Crippen LogP contribution is 2.37. The van der Waals surface area contributed by atoms with E-state index >= 15 is 0 Å². The number of fused-ring (bicyclic) bond motifs is 1. The Kier molecular flexibility index (Phi) is 5.97. The van der Waals surface area contributed by atoms with Crippen LogP contribution in [0.25, 0.3) is 10.2 Å². The highest BCUT2D eigenvalue weighted by molar-refractivity contribution is 7.16. The summed E-state index contributed by atoms with van der Waals surface area (Å²) in [5.41, 5.74) is -0.687. The molecule has 10 heteroatoms. The van der Waals surface area contributed by atoms with Crippen LogP contribution in [0.15, 0.2) is 47.5 Å². The molecule has 30 heavy (non-hydrogen) atoms. The molecule has 0 fully saturated rings. The quantitative estimate of drug-likeness (QED) is 0.636. The number of ether oxygens (including phenoxy) is 1. The van der Waals surface area contributed by atoms with Crippen LogP contribution < -0.4 is 9.54 Å². The second-order valence-electron chi connectivity index (χ2n) is 6.32. The second kappa shape index (κ2) is 8.31. The number of nitrogens with zero attached hydrogens (tertiary/aromatic N) is 2. The standard InChI is InChI=1S/C20H17F3N2O4S/c1-3-14(18(27)28)25-15-9-5-8-13(20(21,22)23)16(15)30-19(25)24-17(26)11-6-4-7-12(10-11)29-2/h4-10,14H,3H2,1-2H3,(H,27,28). The summed E-state index contributed by atoms with van der Waals surface area (Å²) in [6.45, 7) is 1.59. The Labute approximate surface area is 172 Å². The molecule has 2 aromatic carbocycles. The maximum Gasteiger partial charge on any atom is 0.417 e. The van der Waals surface area contributed by atoms with E-state index in [0.717, 1.165) is 6.07 Å². The van der Waals surface area contributed by atoms with E-state index in [1.807, 2.05) is 0 Å². The molecule has 0 spiro atoms. The molecule has 0 bridgehead atoms. The molecule has 0 aliphatic heterocycles.